The fourth-order valence-corrected chi connectivity index (χ4v) is 2.46. The Balaban J connectivity index is 1.89. The summed E-state index contributed by atoms with van der Waals surface area (Å²) in [5.41, 5.74) is 2.17. The molecule has 0 amide bonds. The van der Waals surface area contributed by atoms with Gasteiger partial charge in [-0.1, -0.05) is 12.1 Å². The van der Waals surface area contributed by atoms with Crippen molar-refractivity contribution in [1.29, 1.82) is 0 Å². The van der Waals surface area contributed by atoms with Crippen molar-refractivity contribution in [2.75, 3.05) is 31.4 Å². The highest BCUT2D eigenvalue weighted by molar-refractivity contribution is 5.72. The molecule has 0 unspecified atom stereocenters. The van der Waals surface area contributed by atoms with E-state index in [-0.39, 0.29) is 5.75 Å². The molecule has 7 nitrogen and oxygen atoms in total. The molecule has 2 heterocycles. The molecule has 0 aliphatic heterocycles. The minimum absolute atomic E-state index is 0.0933. The summed E-state index contributed by atoms with van der Waals surface area (Å²) in [5.74, 6) is 1.63. The van der Waals surface area contributed by atoms with Crippen LogP contribution >= 0.6 is 0 Å². The molecular formula is C19H19F2N5O2. The van der Waals surface area contributed by atoms with Crippen LogP contribution < -0.4 is 19.7 Å². The Hall–Kier alpha value is -3.49. The van der Waals surface area contributed by atoms with E-state index in [4.69, 9.17) is 4.74 Å². The number of aromatic nitrogens is 3. The Morgan fingerprint density at radius 1 is 1.04 bits per heavy atom. The van der Waals surface area contributed by atoms with Gasteiger partial charge in [0.25, 0.3) is 0 Å². The maximum absolute atomic E-state index is 12.3. The molecule has 0 aliphatic rings. The third-order valence-electron chi connectivity index (χ3n) is 3.76. The van der Waals surface area contributed by atoms with Crippen molar-refractivity contribution in [2.45, 2.75) is 6.61 Å². The number of benzene rings is 1. The van der Waals surface area contributed by atoms with E-state index in [0.717, 1.165) is 11.1 Å². The monoisotopic (exact) mass is 387 g/mol. The Morgan fingerprint density at radius 3 is 2.43 bits per heavy atom. The summed E-state index contributed by atoms with van der Waals surface area (Å²) in [5, 5.41) is 3.18. The van der Waals surface area contributed by atoms with Crippen molar-refractivity contribution in [3.05, 3.63) is 48.8 Å². The predicted molar refractivity (Wildman–Crippen MR) is 102 cm³/mol. The molecule has 0 spiro atoms. The van der Waals surface area contributed by atoms with Gasteiger partial charge < -0.3 is 19.7 Å². The number of hydrogen-bond acceptors (Lipinski definition) is 7. The standard InChI is InChI=1S/C19H19F2N5O2/c1-26(2)19-22-9-8-16(25-19)24-15-10-13(11-23-17(15)27-3)12-4-6-14(7-5-12)28-18(20)21/h4-11,18H,1-3H3,(H,22,24,25). The average molecular weight is 387 g/mol. The van der Waals surface area contributed by atoms with Gasteiger partial charge in [-0.3, -0.25) is 0 Å². The lowest BCUT2D eigenvalue weighted by Gasteiger charge is -2.14. The van der Waals surface area contributed by atoms with E-state index in [1.165, 1.54) is 19.2 Å². The molecule has 0 radical (unpaired) electrons. The van der Waals surface area contributed by atoms with Crippen LogP contribution in [0.2, 0.25) is 0 Å². The normalized spacial score (nSPS) is 10.6. The zero-order chi connectivity index (χ0) is 20.1. The number of nitrogens with zero attached hydrogens (tertiary/aromatic N) is 4. The molecule has 0 aliphatic carbocycles. The van der Waals surface area contributed by atoms with Gasteiger partial charge in [0.05, 0.1) is 7.11 Å². The number of pyridine rings is 1. The van der Waals surface area contributed by atoms with Crippen LogP contribution in [0.5, 0.6) is 11.6 Å². The summed E-state index contributed by atoms with van der Waals surface area (Å²) in [4.78, 5) is 14.7. The molecule has 9 heteroatoms. The first-order valence-electron chi connectivity index (χ1n) is 8.33. The van der Waals surface area contributed by atoms with Crippen LogP contribution in [0.1, 0.15) is 0 Å². The van der Waals surface area contributed by atoms with Crippen LogP contribution in [-0.4, -0.2) is 42.8 Å². The molecule has 0 saturated heterocycles. The topological polar surface area (TPSA) is 72.4 Å². The second-order valence-corrected chi connectivity index (χ2v) is 5.95. The SMILES string of the molecule is COc1ncc(-c2ccc(OC(F)F)cc2)cc1Nc1ccnc(N(C)C)n1. The number of hydrogen-bond donors (Lipinski definition) is 1. The third kappa shape index (κ3) is 4.61. The Bertz CT molecular complexity index is 936. The molecule has 0 atom stereocenters. The zero-order valence-electron chi connectivity index (χ0n) is 15.6. The Kier molecular flexibility index (Phi) is 5.83. The highest BCUT2D eigenvalue weighted by Gasteiger charge is 2.11. The van der Waals surface area contributed by atoms with E-state index in [1.807, 2.05) is 20.2 Å². The first-order valence-corrected chi connectivity index (χ1v) is 8.33. The van der Waals surface area contributed by atoms with Gasteiger partial charge in [-0.15, -0.1) is 0 Å². The van der Waals surface area contributed by atoms with Crippen molar-refractivity contribution in [1.82, 2.24) is 15.0 Å². The van der Waals surface area contributed by atoms with Crippen LogP contribution in [0.15, 0.2) is 48.8 Å². The van der Waals surface area contributed by atoms with E-state index < -0.39 is 6.61 Å². The summed E-state index contributed by atoms with van der Waals surface area (Å²) in [7, 11) is 5.22. The van der Waals surface area contributed by atoms with Crippen molar-refractivity contribution in [3.8, 4) is 22.8 Å². The van der Waals surface area contributed by atoms with Gasteiger partial charge in [0.2, 0.25) is 11.8 Å². The molecule has 0 fully saturated rings. The second-order valence-electron chi connectivity index (χ2n) is 5.95. The maximum atomic E-state index is 12.3. The first kappa shape index (κ1) is 19.3. The molecule has 1 N–H and O–H groups in total. The quantitative estimate of drug-likeness (QED) is 0.658. The third-order valence-corrected chi connectivity index (χ3v) is 3.76. The van der Waals surface area contributed by atoms with E-state index in [9.17, 15) is 8.78 Å². The fourth-order valence-electron chi connectivity index (χ4n) is 2.46. The number of halogens is 2. The maximum Gasteiger partial charge on any atom is 0.387 e. The Labute approximate surface area is 161 Å². The summed E-state index contributed by atoms with van der Waals surface area (Å²) < 4.78 is 34.3. The van der Waals surface area contributed by atoms with E-state index >= 15 is 0 Å². The van der Waals surface area contributed by atoms with Crippen LogP contribution in [-0.2, 0) is 0 Å². The first-order chi connectivity index (χ1) is 13.5. The van der Waals surface area contributed by atoms with Crippen LogP contribution in [0, 0.1) is 0 Å². The van der Waals surface area contributed by atoms with Gasteiger partial charge in [-0.2, -0.15) is 13.8 Å². The lowest BCUT2D eigenvalue weighted by Crippen LogP contribution is -2.13. The summed E-state index contributed by atoms with van der Waals surface area (Å²) in [6.07, 6.45) is 3.29. The molecule has 28 heavy (non-hydrogen) atoms. The zero-order valence-corrected chi connectivity index (χ0v) is 15.6. The van der Waals surface area contributed by atoms with Gasteiger partial charge in [-0.05, 0) is 29.8 Å². The molecular weight excluding hydrogens is 368 g/mol. The van der Waals surface area contributed by atoms with Crippen molar-refractivity contribution >= 4 is 17.5 Å². The van der Waals surface area contributed by atoms with Crippen molar-refractivity contribution < 1.29 is 18.3 Å². The number of ether oxygens (including phenoxy) is 2. The lowest BCUT2D eigenvalue weighted by molar-refractivity contribution is -0.0498. The number of methoxy groups -OCH3 is 1. The van der Waals surface area contributed by atoms with Crippen molar-refractivity contribution in [2.24, 2.45) is 0 Å². The van der Waals surface area contributed by atoms with Gasteiger partial charge in [0.1, 0.15) is 17.3 Å². The molecule has 146 valence electrons. The highest BCUT2D eigenvalue weighted by atomic mass is 19.3. The fraction of sp³-hybridized carbons (Fsp3) is 0.211. The lowest BCUT2D eigenvalue weighted by atomic mass is 10.1. The molecule has 1 aromatic carbocycles. The molecule has 3 rings (SSSR count). The summed E-state index contributed by atoms with van der Waals surface area (Å²) >= 11 is 0. The number of alkyl halides is 2. The number of rotatable bonds is 7. The van der Waals surface area contributed by atoms with Crippen LogP contribution in [0.4, 0.5) is 26.2 Å². The van der Waals surface area contributed by atoms with Crippen LogP contribution in [0.25, 0.3) is 11.1 Å². The predicted octanol–water partition coefficient (Wildman–Crippen LogP) is 3.96. The summed E-state index contributed by atoms with van der Waals surface area (Å²) in [6.45, 7) is -2.86. The van der Waals surface area contributed by atoms with Gasteiger partial charge in [0, 0.05) is 32.1 Å². The van der Waals surface area contributed by atoms with Gasteiger partial charge >= 0.3 is 6.61 Å². The second kappa shape index (κ2) is 8.47. The van der Waals surface area contributed by atoms with E-state index in [0.29, 0.717) is 23.3 Å². The average Bonchev–Trinajstić information content (AvgIpc) is 2.68. The molecule has 0 bridgehead atoms. The number of anilines is 3. The van der Waals surface area contributed by atoms with E-state index in [2.05, 4.69) is 25.0 Å². The smallest absolute Gasteiger partial charge is 0.387 e. The van der Waals surface area contributed by atoms with E-state index in [1.54, 1.807) is 35.5 Å². The Morgan fingerprint density at radius 2 is 1.79 bits per heavy atom. The van der Waals surface area contributed by atoms with Gasteiger partial charge in [-0.25, -0.2) is 9.97 Å². The largest absolute Gasteiger partial charge is 0.480 e. The number of nitrogens with one attached hydrogen (secondary N) is 1. The minimum Gasteiger partial charge on any atom is -0.480 e. The molecule has 3 aromatic rings. The highest BCUT2D eigenvalue weighted by Crippen LogP contribution is 2.31. The van der Waals surface area contributed by atoms with Crippen LogP contribution in [0.3, 0.4) is 0 Å². The molecule has 2 aromatic heterocycles. The van der Waals surface area contributed by atoms with Crippen molar-refractivity contribution in [3.63, 3.8) is 0 Å². The van der Waals surface area contributed by atoms with Gasteiger partial charge in [0.15, 0.2) is 0 Å². The molecule has 0 saturated carbocycles. The summed E-state index contributed by atoms with van der Waals surface area (Å²) in [6, 6.07) is 9.89. The minimum atomic E-state index is -2.86.